The Morgan fingerprint density at radius 2 is 2.00 bits per heavy atom. The Labute approximate surface area is 90.5 Å². The minimum atomic E-state index is -0.886. The summed E-state index contributed by atoms with van der Waals surface area (Å²) in [6.45, 7) is 2.62. The maximum absolute atomic E-state index is 11.2. The molecule has 5 nitrogen and oxygen atoms in total. The SMILES string of the molecule is CCCNC(=O)CCC(C(=O)O)N(C)C. The van der Waals surface area contributed by atoms with Crippen molar-refractivity contribution in [1.29, 1.82) is 0 Å². The Bertz CT molecular complexity index is 217. The smallest absolute Gasteiger partial charge is 0.320 e. The molecule has 5 heteroatoms. The maximum Gasteiger partial charge on any atom is 0.320 e. The van der Waals surface area contributed by atoms with Crippen LogP contribution in [0.4, 0.5) is 0 Å². The Kier molecular flexibility index (Phi) is 6.70. The first-order valence-corrected chi connectivity index (χ1v) is 5.15. The molecular weight excluding hydrogens is 196 g/mol. The van der Waals surface area contributed by atoms with Crippen molar-refractivity contribution in [1.82, 2.24) is 10.2 Å². The minimum absolute atomic E-state index is 0.0787. The number of carbonyl (C=O) groups is 2. The number of hydrogen-bond acceptors (Lipinski definition) is 3. The number of nitrogens with one attached hydrogen (secondary N) is 1. The first-order chi connectivity index (χ1) is 6.99. The van der Waals surface area contributed by atoms with Crippen molar-refractivity contribution < 1.29 is 14.7 Å². The van der Waals surface area contributed by atoms with Gasteiger partial charge in [0.15, 0.2) is 0 Å². The fourth-order valence-corrected chi connectivity index (χ4v) is 1.22. The number of likely N-dealkylation sites (N-methyl/N-ethyl adjacent to an activating group) is 1. The quantitative estimate of drug-likeness (QED) is 0.642. The molecule has 1 atom stereocenters. The second-order valence-corrected chi connectivity index (χ2v) is 3.71. The molecule has 0 aliphatic rings. The van der Waals surface area contributed by atoms with E-state index in [1.54, 1.807) is 19.0 Å². The summed E-state index contributed by atoms with van der Waals surface area (Å²) < 4.78 is 0. The zero-order chi connectivity index (χ0) is 11.8. The van der Waals surface area contributed by atoms with Crippen LogP contribution in [-0.4, -0.2) is 48.6 Å². The van der Waals surface area contributed by atoms with E-state index in [-0.39, 0.29) is 12.3 Å². The molecule has 0 spiro atoms. The molecule has 15 heavy (non-hydrogen) atoms. The molecule has 0 radical (unpaired) electrons. The van der Waals surface area contributed by atoms with E-state index in [1.807, 2.05) is 6.92 Å². The number of aliphatic carboxylic acids is 1. The molecule has 0 fully saturated rings. The number of carboxylic acid groups (broad SMARTS) is 1. The Morgan fingerprint density at radius 3 is 2.40 bits per heavy atom. The molecule has 0 bridgehead atoms. The molecule has 0 saturated carbocycles. The molecule has 0 aromatic heterocycles. The van der Waals surface area contributed by atoms with Gasteiger partial charge in [-0.3, -0.25) is 14.5 Å². The highest BCUT2D eigenvalue weighted by Gasteiger charge is 2.20. The molecule has 0 aliphatic carbocycles. The topological polar surface area (TPSA) is 69.6 Å². The van der Waals surface area contributed by atoms with Gasteiger partial charge in [0.2, 0.25) is 5.91 Å². The van der Waals surface area contributed by atoms with Gasteiger partial charge in [-0.15, -0.1) is 0 Å². The average molecular weight is 216 g/mol. The van der Waals surface area contributed by atoms with E-state index in [1.165, 1.54) is 0 Å². The molecule has 0 aromatic carbocycles. The number of nitrogens with zero attached hydrogens (tertiary/aromatic N) is 1. The third-order valence-corrected chi connectivity index (χ3v) is 2.13. The van der Waals surface area contributed by atoms with Crippen LogP contribution in [0.5, 0.6) is 0 Å². The number of carbonyl (C=O) groups excluding carboxylic acids is 1. The van der Waals surface area contributed by atoms with Crippen LogP contribution in [0, 0.1) is 0 Å². The third-order valence-electron chi connectivity index (χ3n) is 2.13. The summed E-state index contributed by atoms with van der Waals surface area (Å²) >= 11 is 0. The molecule has 1 unspecified atom stereocenters. The standard InChI is InChI=1S/C10H20N2O3/c1-4-7-11-9(13)6-5-8(10(14)15)12(2)3/h8H,4-7H2,1-3H3,(H,11,13)(H,14,15). The van der Waals surface area contributed by atoms with Crippen LogP contribution >= 0.6 is 0 Å². The van der Waals surface area contributed by atoms with Crippen molar-refractivity contribution in [3.8, 4) is 0 Å². The summed E-state index contributed by atoms with van der Waals surface area (Å²) in [5.41, 5.74) is 0. The van der Waals surface area contributed by atoms with Gasteiger partial charge in [-0.25, -0.2) is 0 Å². The van der Waals surface area contributed by atoms with E-state index in [2.05, 4.69) is 5.32 Å². The van der Waals surface area contributed by atoms with E-state index >= 15 is 0 Å². The van der Waals surface area contributed by atoms with Crippen molar-refractivity contribution >= 4 is 11.9 Å². The van der Waals surface area contributed by atoms with Crippen LogP contribution < -0.4 is 5.32 Å². The second kappa shape index (κ2) is 7.23. The largest absolute Gasteiger partial charge is 0.480 e. The van der Waals surface area contributed by atoms with E-state index in [4.69, 9.17) is 5.11 Å². The van der Waals surface area contributed by atoms with Crippen LogP contribution in [0.3, 0.4) is 0 Å². The summed E-state index contributed by atoms with van der Waals surface area (Å²) in [6.07, 6.45) is 1.49. The van der Waals surface area contributed by atoms with Crippen LogP contribution in [0.2, 0.25) is 0 Å². The van der Waals surface area contributed by atoms with Gasteiger partial charge in [0.25, 0.3) is 0 Å². The average Bonchev–Trinajstić information content (AvgIpc) is 2.13. The van der Waals surface area contributed by atoms with Crippen LogP contribution in [-0.2, 0) is 9.59 Å². The number of rotatable bonds is 7. The second-order valence-electron chi connectivity index (χ2n) is 3.71. The summed E-state index contributed by atoms with van der Waals surface area (Å²) in [5.74, 6) is -0.965. The van der Waals surface area contributed by atoms with Gasteiger partial charge in [0.05, 0.1) is 0 Å². The molecule has 2 N–H and O–H groups in total. The van der Waals surface area contributed by atoms with Gasteiger partial charge in [-0.1, -0.05) is 6.92 Å². The molecule has 0 aromatic rings. The Balaban J connectivity index is 3.89. The highest BCUT2D eigenvalue weighted by Crippen LogP contribution is 2.03. The zero-order valence-electron chi connectivity index (χ0n) is 9.62. The maximum atomic E-state index is 11.2. The van der Waals surface area contributed by atoms with Crippen molar-refractivity contribution in [2.45, 2.75) is 32.2 Å². The highest BCUT2D eigenvalue weighted by molar-refractivity contribution is 5.78. The van der Waals surface area contributed by atoms with Gasteiger partial charge in [-0.2, -0.15) is 0 Å². The lowest BCUT2D eigenvalue weighted by atomic mass is 10.1. The lowest BCUT2D eigenvalue weighted by molar-refractivity contribution is -0.142. The first-order valence-electron chi connectivity index (χ1n) is 5.15. The molecule has 0 heterocycles. The molecular formula is C10H20N2O3. The Hall–Kier alpha value is -1.10. The van der Waals surface area contributed by atoms with Gasteiger partial charge in [-0.05, 0) is 26.9 Å². The minimum Gasteiger partial charge on any atom is -0.480 e. The van der Waals surface area contributed by atoms with Gasteiger partial charge >= 0.3 is 5.97 Å². The summed E-state index contributed by atoms with van der Waals surface area (Å²) in [5, 5.41) is 11.6. The monoisotopic (exact) mass is 216 g/mol. The van der Waals surface area contributed by atoms with Gasteiger partial charge in [0.1, 0.15) is 6.04 Å². The number of carboxylic acids is 1. The number of hydrogen-bond donors (Lipinski definition) is 2. The molecule has 1 amide bonds. The summed E-state index contributed by atoms with van der Waals surface area (Å²) in [4.78, 5) is 23.6. The van der Waals surface area contributed by atoms with E-state index in [9.17, 15) is 9.59 Å². The number of amides is 1. The van der Waals surface area contributed by atoms with E-state index < -0.39 is 12.0 Å². The third kappa shape index (κ3) is 6.06. The molecule has 88 valence electrons. The van der Waals surface area contributed by atoms with Crippen LogP contribution in [0.1, 0.15) is 26.2 Å². The van der Waals surface area contributed by atoms with Gasteiger partial charge in [0, 0.05) is 13.0 Å². The van der Waals surface area contributed by atoms with Crippen molar-refractivity contribution in [3.05, 3.63) is 0 Å². The van der Waals surface area contributed by atoms with Crippen LogP contribution in [0.15, 0.2) is 0 Å². The molecule has 0 rings (SSSR count). The van der Waals surface area contributed by atoms with E-state index in [0.29, 0.717) is 13.0 Å². The zero-order valence-corrected chi connectivity index (χ0v) is 9.62. The predicted molar refractivity (Wildman–Crippen MR) is 57.6 cm³/mol. The normalized spacial score (nSPS) is 12.5. The van der Waals surface area contributed by atoms with Gasteiger partial charge < -0.3 is 10.4 Å². The fourth-order valence-electron chi connectivity index (χ4n) is 1.22. The van der Waals surface area contributed by atoms with Crippen molar-refractivity contribution in [2.75, 3.05) is 20.6 Å². The lowest BCUT2D eigenvalue weighted by Crippen LogP contribution is -2.37. The summed E-state index contributed by atoms with van der Waals surface area (Å²) in [6, 6.07) is -0.586. The van der Waals surface area contributed by atoms with Crippen molar-refractivity contribution in [2.24, 2.45) is 0 Å². The van der Waals surface area contributed by atoms with Crippen molar-refractivity contribution in [3.63, 3.8) is 0 Å². The Morgan fingerprint density at radius 1 is 1.40 bits per heavy atom. The summed E-state index contributed by atoms with van der Waals surface area (Å²) in [7, 11) is 3.39. The highest BCUT2D eigenvalue weighted by atomic mass is 16.4. The molecule has 0 aliphatic heterocycles. The first kappa shape index (κ1) is 13.9. The van der Waals surface area contributed by atoms with Crippen LogP contribution in [0.25, 0.3) is 0 Å². The predicted octanol–water partition coefficient (Wildman–Crippen LogP) is 0.308. The fraction of sp³-hybridized carbons (Fsp3) is 0.800. The molecule has 0 saturated heterocycles. The van der Waals surface area contributed by atoms with E-state index in [0.717, 1.165) is 6.42 Å². The lowest BCUT2D eigenvalue weighted by Gasteiger charge is -2.19.